The Morgan fingerprint density at radius 2 is 1.00 bits per heavy atom. The van der Waals surface area contributed by atoms with Crippen molar-refractivity contribution in [3.8, 4) is 29.8 Å². The summed E-state index contributed by atoms with van der Waals surface area (Å²) in [7, 11) is 0. The van der Waals surface area contributed by atoms with E-state index in [0.29, 0.717) is 0 Å². The highest BCUT2D eigenvalue weighted by atomic mass is 32.1. The molecule has 8 heteroatoms. The third-order valence-electron chi connectivity index (χ3n) is 4.46. The third kappa shape index (κ3) is 3.70. The topological polar surface area (TPSA) is 51.6 Å². The number of aryl methyl sites for hydroxylation is 4. The van der Waals surface area contributed by atoms with E-state index in [1.807, 2.05) is 0 Å². The monoisotopic (exact) mass is 446 g/mol. The van der Waals surface area contributed by atoms with Crippen LogP contribution < -0.4 is 0 Å². The molecule has 0 N–H and O–H groups in total. The van der Waals surface area contributed by atoms with E-state index in [4.69, 9.17) is 19.9 Å². The molecule has 0 aromatic carbocycles. The molecule has 4 aromatic heterocycles. The molecule has 0 spiro atoms. The minimum Gasteiger partial charge on any atom is -0.239 e. The number of aromatic nitrogens is 4. The zero-order valence-electron chi connectivity index (χ0n) is 16.4. The Bertz CT molecular complexity index is 999. The highest BCUT2D eigenvalue weighted by molar-refractivity contribution is 7.27. The lowest BCUT2D eigenvalue weighted by Gasteiger charge is -1.98. The molecule has 0 unspecified atom stereocenters. The third-order valence-corrected chi connectivity index (χ3v) is 8.89. The van der Waals surface area contributed by atoms with Crippen molar-refractivity contribution in [3.05, 3.63) is 33.5 Å². The van der Waals surface area contributed by atoms with Crippen LogP contribution in [0.4, 0.5) is 0 Å². The maximum absolute atomic E-state index is 4.93. The van der Waals surface area contributed by atoms with Gasteiger partial charge in [0.2, 0.25) is 0 Å². The van der Waals surface area contributed by atoms with Crippen molar-refractivity contribution in [2.75, 3.05) is 0 Å². The van der Waals surface area contributed by atoms with Crippen molar-refractivity contribution in [2.45, 2.75) is 53.4 Å². The molecule has 4 aromatic rings. The maximum atomic E-state index is 4.93. The van der Waals surface area contributed by atoms with Crippen LogP contribution in [0.15, 0.2) is 10.8 Å². The molecule has 0 aliphatic heterocycles. The molecule has 0 saturated heterocycles. The van der Waals surface area contributed by atoms with Crippen molar-refractivity contribution in [1.82, 2.24) is 19.9 Å². The minimum absolute atomic E-state index is 0.908. The highest BCUT2D eigenvalue weighted by Gasteiger charge is 2.22. The van der Waals surface area contributed by atoms with Crippen LogP contribution in [0.3, 0.4) is 0 Å². The highest BCUT2D eigenvalue weighted by Crippen LogP contribution is 2.43. The zero-order chi connectivity index (χ0) is 19.7. The SMILES string of the molecule is CCc1csc(-c2nc(CC)c(-c3sc(-c4nc(CC)cs4)nc3CC)s2)n1. The van der Waals surface area contributed by atoms with Gasteiger partial charge in [0, 0.05) is 10.8 Å². The first kappa shape index (κ1) is 19.8. The minimum atomic E-state index is 0.908. The average Bonchev–Trinajstić information content (AvgIpc) is 3.51. The van der Waals surface area contributed by atoms with E-state index in [0.717, 1.165) is 68.5 Å². The Morgan fingerprint density at radius 1 is 0.571 bits per heavy atom. The lowest BCUT2D eigenvalue weighted by Crippen LogP contribution is -1.87. The number of hydrogen-bond donors (Lipinski definition) is 0. The second-order valence-corrected chi connectivity index (χ2v) is 10.0. The molecule has 0 atom stereocenters. The Kier molecular flexibility index (Phi) is 6.01. The van der Waals surface area contributed by atoms with Gasteiger partial charge in [0.05, 0.1) is 32.5 Å². The van der Waals surface area contributed by atoms with Crippen molar-refractivity contribution in [3.63, 3.8) is 0 Å². The maximum Gasteiger partial charge on any atom is 0.153 e. The summed E-state index contributed by atoms with van der Waals surface area (Å²) in [5.41, 5.74) is 4.57. The number of thiazole rings is 4. The van der Waals surface area contributed by atoms with E-state index in [9.17, 15) is 0 Å². The molecule has 0 aliphatic carbocycles. The van der Waals surface area contributed by atoms with Gasteiger partial charge in [0.25, 0.3) is 0 Å². The Morgan fingerprint density at radius 3 is 1.32 bits per heavy atom. The molecule has 0 fully saturated rings. The molecule has 0 bridgehead atoms. The van der Waals surface area contributed by atoms with Gasteiger partial charge in [-0.05, 0) is 25.7 Å². The molecule has 4 heterocycles. The molecule has 0 amide bonds. The second kappa shape index (κ2) is 8.49. The molecule has 0 saturated carbocycles. The summed E-state index contributed by atoms with van der Waals surface area (Å²) in [5, 5.41) is 8.37. The normalized spacial score (nSPS) is 11.4. The first-order valence-corrected chi connectivity index (χ1v) is 12.9. The summed E-state index contributed by atoms with van der Waals surface area (Å²) in [6.45, 7) is 8.62. The van der Waals surface area contributed by atoms with Crippen LogP contribution in [0.5, 0.6) is 0 Å². The van der Waals surface area contributed by atoms with Gasteiger partial charge in [0.15, 0.2) is 20.0 Å². The molecule has 4 rings (SSSR count). The molecular weight excluding hydrogens is 425 g/mol. The van der Waals surface area contributed by atoms with Crippen LogP contribution in [-0.2, 0) is 25.7 Å². The van der Waals surface area contributed by atoms with Gasteiger partial charge >= 0.3 is 0 Å². The fourth-order valence-electron chi connectivity index (χ4n) is 2.86. The lowest BCUT2D eigenvalue weighted by molar-refractivity contribution is 1.04. The summed E-state index contributed by atoms with van der Waals surface area (Å²) >= 11 is 6.88. The van der Waals surface area contributed by atoms with E-state index >= 15 is 0 Å². The van der Waals surface area contributed by atoms with Crippen LogP contribution in [0.25, 0.3) is 29.8 Å². The van der Waals surface area contributed by atoms with Crippen molar-refractivity contribution in [1.29, 1.82) is 0 Å². The number of rotatable bonds is 7. The van der Waals surface area contributed by atoms with Crippen LogP contribution in [0.1, 0.15) is 50.5 Å². The van der Waals surface area contributed by atoms with Gasteiger partial charge in [-0.25, -0.2) is 19.9 Å². The smallest absolute Gasteiger partial charge is 0.153 e. The van der Waals surface area contributed by atoms with Crippen LogP contribution in [0.2, 0.25) is 0 Å². The van der Waals surface area contributed by atoms with E-state index < -0.39 is 0 Å². The molecule has 4 nitrogen and oxygen atoms in total. The summed E-state index contributed by atoms with van der Waals surface area (Å²) in [6.07, 6.45) is 3.74. The largest absolute Gasteiger partial charge is 0.239 e. The van der Waals surface area contributed by atoms with E-state index in [2.05, 4.69) is 38.5 Å². The van der Waals surface area contributed by atoms with E-state index in [1.165, 1.54) is 9.75 Å². The van der Waals surface area contributed by atoms with Crippen LogP contribution >= 0.6 is 45.3 Å². The van der Waals surface area contributed by atoms with Crippen molar-refractivity contribution >= 4 is 45.3 Å². The summed E-state index contributed by atoms with van der Waals surface area (Å²) < 4.78 is 0. The van der Waals surface area contributed by atoms with Crippen LogP contribution in [0, 0.1) is 0 Å². The quantitative estimate of drug-likeness (QED) is 0.314. The van der Waals surface area contributed by atoms with Gasteiger partial charge in [-0.1, -0.05) is 27.7 Å². The van der Waals surface area contributed by atoms with Crippen LogP contribution in [-0.4, -0.2) is 19.9 Å². The predicted octanol–water partition coefficient (Wildman–Crippen LogP) is 6.76. The van der Waals surface area contributed by atoms with Crippen molar-refractivity contribution < 1.29 is 0 Å². The fourth-order valence-corrected chi connectivity index (χ4v) is 7.21. The van der Waals surface area contributed by atoms with E-state index in [1.54, 1.807) is 45.3 Å². The van der Waals surface area contributed by atoms with Gasteiger partial charge in [-0.3, -0.25) is 0 Å². The summed E-state index contributed by atoms with van der Waals surface area (Å²) in [4.78, 5) is 21.8. The first-order valence-electron chi connectivity index (χ1n) is 9.55. The Labute approximate surface area is 181 Å². The first-order chi connectivity index (χ1) is 13.7. The molecule has 0 radical (unpaired) electrons. The predicted molar refractivity (Wildman–Crippen MR) is 123 cm³/mol. The molecule has 28 heavy (non-hydrogen) atoms. The summed E-state index contributed by atoms with van der Waals surface area (Å²) in [6, 6.07) is 0. The van der Waals surface area contributed by atoms with Gasteiger partial charge in [-0.15, -0.1) is 45.3 Å². The average molecular weight is 447 g/mol. The fraction of sp³-hybridized carbons (Fsp3) is 0.400. The second-order valence-electron chi connectivity index (χ2n) is 6.29. The zero-order valence-corrected chi connectivity index (χ0v) is 19.7. The molecule has 146 valence electrons. The molecule has 0 aliphatic rings. The summed E-state index contributed by atoms with van der Waals surface area (Å²) in [5.74, 6) is 0. The van der Waals surface area contributed by atoms with Gasteiger partial charge in [-0.2, -0.15) is 0 Å². The lowest BCUT2D eigenvalue weighted by atomic mass is 10.2. The molecular formula is C20H22N4S4. The standard InChI is InChI=1S/C20H22N4S4/c1-5-11-9-25-17(21-11)19-23-13(7-3)15(27-19)16-14(8-4)24-20(28-16)18-22-12(6-2)10-26-18/h9-10H,5-8H2,1-4H3. The van der Waals surface area contributed by atoms with Crippen molar-refractivity contribution in [2.24, 2.45) is 0 Å². The number of hydrogen-bond acceptors (Lipinski definition) is 8. The Hall–Kier alpha value is -1.48. The Balaban J connectivity index is 1.77. The van der Waals surface area contributed by atoms with Gasteiger partial charge in [0.1, 0.15) is 0 Å². The van der Waals surface area contributed by atoms with E-state index in [-0.39, 0.29) is 0 Å². The number of nitrogens with zero attached hydrogens (tertiary/aromatic N) is 4. The van der Waals surface area contributed by atoms with Gasteiger partial charge < -0.3 is 0 Å².